The maximum atomic E-state index is 11.9. The number of phenolic OH excluding ortho intramolecular Hbond substituents is 2. The third-order valence-corrected chi connectivity index (χ3v) is 3.76. The van der Waals surface area contributed by atoms with Crippen molar-refractivity contribution in [1.82, 2.24) is 10.6 Å². The molecule has 10 nitrogen and oxygen atoms in total. The van der Waals surface area contributed by atoms with Gasteiger partial charge in [-0.25, -0.2) is 9.59 Å². The van der Waals surface area contributed by atoms with Gasteiger partial charge in [-0.05, 0) is 23.8 Å². The standard InChI is InChI=1S/C18H19N3O7/c1-19-16(24)12-3-2-6-21(9-12)10-28-18(27)20-13(17(25)26)7-11-4-5-14(22)15(23)8-11/h2-6,8-9,13H,7,10H2,1H3,(H4-,19,20,22,23,24,25,26,27)/p+1. The number of ether oxygens (including phenoxy) is 1. The Hall–Kier alpha value is -3.82. The second-order valence-electron chi connectivity index (χ2n) is 5.81. The van der Waals surface area contributed by atoms with Crippen LogP contribution in [0.3, 0.4) is 0 Å². The Bertz CT molecular complexity index is 885. The van der Waals surface area contributed by atoms with Crippen molar-refractivity contribution < 1.29 is 39.0 Å². The zero-order valence-corrected chi connectivity index (χ0v) is 15.0. The number of amides is 2. The number of carbonyl (C=O) groups is 3. The predicted octanol–water partition coefficient (Wildman–Crippen LogP) is 0.124. The number of aromatic nitrogens is 1. The minimum atomic E-state index is -1.31. The molecule has 1 unspecified atom stereocenters. The van der Waals surface area contributed by atoms with Gasteiger partial charge in [0.25, 0.3) is 12.6 Å². The van der Waals surface area contributed by atoms with E-state index >= 15 is 0 Å². The van der Waals surface area contributed by atoms with Gasteiger partial charge in [-0.3, -0.25) is 4.79 Å². The summed E-state index contributed by atoms with van der Waals surface area (Å²) in [7, 11) is 1.49. The number of carboxylic acids is 1. The molecule has 1 atom stereocenters. The fourth-order valence-electron chi connectivity index (χ4n) is 2.33. The molecule has 5 N–H and O–H groups in total. The van der Waals surface area contributed by atoms with Crippen LogP contribution in [0.25, 0.3) is 0 Å². The van der Waals surface area contributed by atoms with Crippen LogP contribution < -0.4 is 15.2 Å². The summed E-state index contributed by atoms with van der Waals surface area (Å²) in [4.78, 5) is 34.9. The van der Waals surface area contributed by atoms with Crippen molar-refractivity contribution in [2.75, 3.05) is 7.05 Å². The molecule has 0 aliphatic carbocycles. The van der Waals surface area contributed by atoms with Gasteiger partial charge in [0, 0.05) is 19.5 Å². The van der Waals surface area contributed by atoms with Crippen LogP contribution in [-0.2, 0) is 22.7 Å². The molecular formula is C18H20N3O7+. The smallest absolute Gasteiger partial charge is 0.412 e. The van der Waals surface area contributed by atoms with E-state index in [1.807, 2.05) is 0 Å². The van der Waals surface area contributed by atoms with Gasteiger partial charge in [-0.2, -0.15) is 4.57 Å². The molecule has 0 bridgehead atoms. The Labute approximate surface area is 160 Å². The summed E-state index contributed by atoms with van der Waals surface area (Å²) >= 11 is 0. The van der Waals surface area contributed by atoms with E-state index in [1.165, 1.54) is 36.0 Å². The number of hydrogen-bond acceptors (Lipinski definition) is 6. The number of aromatic hydroxyl groups is 2. The summed E-state index contributed by atoms with van der Waals surface area (Å²) in [6, 6.07) is 5.74. The van der Waals surface area contributed by atoms with Gasteiger partial charge in [-0.15, -0.1) is 0 Å². The van der Waals surface area contributed by atoms with E-state index in [0.717, 1.165) is 0 Å². The average Bonchev–Trinajstić information content (AvgIpc) is 2.68. The van der Waals surface area contributed by atoms with E-state index in [2.05, 4.69) is 10.6 Å². The number of carbonyl (C=O) groups excluding carboxylic acids is 2. The lowest BCUT2D eigenvalue weighted by molar-refractivity contribution is -0.727. The van der Waals surface area contributed by atoms with Crippen LogP contribution >= 0.6 is 0 Å². The first-order chi connectivity index (χ1) is 13.3. The molecule has 1 aromatic carbocycles. The van der Waals surface area contributed by atoms with Crippen molar-refractivity contribution in [2.24, 2.45) is 0 Å². The summed E-state index contributed by atoms with van der Waals surface area (Å²) in [5.41, 5.74) is 0.764. The van der Waals surface area contributed by atoms with Crippen molar-refractivity contribution >= 4 is 18.0 Å². The van der Waals surface area contributed by atoms with E-state index in [0.29, 0.717) is 11.1 Å². The highest BCUT2D eigenvalue weighted by Gasteiger charge is 2.22. The zero-order chi connectivity index (χ0) is 20.7. The molecule has 2 rings (SSSR count). The quantitative estimate of drug-likeness (QED) is 0.333. The minimum absolute atomic E-state index is 0.127. The van der Waals surface area contributed by atoms with Crippen molar-refractivity contribution in [1.29, 1.82) is 0 Å². The van der Waals surface area contributed by atoms with Crippen molar-refractivity contribution in [3.05, 3.63) is 53.9 Å². The fraction of sp³-hybridized carbons (Fsp3) is 0.222. The molecule has 0 saturated carbocycles. The second kappa shape index (κ2) is 9.21. The van der Waals surface area contributed by atoms with E-state index in [4.69, 9.17) is 4.74 Å². The van der Waals surface area contributed by atoms with Crippen LogP contribution in [0.5, 0.6) is 11.5 Å². The summed E-state index contributed by atoms with van der Waals surface area (Å²) in [6.45, 7) is -0.233. The number of nitrogens with one attached hydrogen (secondary N) is 2. The van der Waals surface area contributed by atoms with Crippen molar-refractivity contribution in [2.45, 2.75) is 19.2 Å². The number of rotatable bonds is 7. The molecule has 0 spiro atoms. The minimum Gasteiger partial charge on any atom is -0.504 e. The van der Waals surface area contributed by atoms with Gasteiger partial charge in [-0.1, -0.05) is 6.07 Å². The maximum absolute atomic E-state index is 11.9. The summed E-state index contributed by atoms with van der Waals surface area (Å²) < 4.78 is 6.43. The fourth-order valence-corrected chi connectivity index (χ4v) is 2.33. The first-order valence-electron chi connectivity index (χ1n) is 8.18. The summed E-state index contributed by atoms with van der Waals surface area (Å²) in [6.07, 6.45) is 1.96. The Morgan fingerprint density at radius 1 is 1.18 bits per heavy atom. The predicted molar refractivity (Wildman–Crippen MR) is 94.5 cm³/mol. The van der Waals surface area contributed by atoms with E-state index in [9.17, 15) is 29.7 Å². The van der Waals surface area contributed by atoms with Crippen LogP contribution in [0.4, 0.5) is 4.79 Å². The van der Waals surface area contributed by atoms with Gasteiger partial charge < -0.3 is 30.7 Å². The third kappa shape index (κ3) is 5.59. The van der Waals surface area contributed by atoms with Gasteiger partial charge in [0.15, 0.2) is 23.9 Å². The number of pyridine rings is 1. The number of alkyl carbamates (subject to hydrolysis) is 1. The van der Waals surface area contributed by atoms with Crippen LogP contribution in [-0.4, -0.2) is 46.4 Å². The highest BCUT2D eigenvalue weighted by molar-refractivity contribution is 5.93. The molecular weight excluding hydrogens is 370 g/mol. The first kappa shape index (κ1) is 20.5. The number of hydrogen-bond donors (Lipinski definition) is 5. The number of phenols is 2. The van der Waals surface area contributed by atoms with E-state index in [1.54, 1.807) is 18.3 Å². The highest BCUT2D eigenvalue weighted by atomic mass is 16.6. The van der Waals surface area contributed by atoms with E-state index in [-0.39, 0.29) is 24.8 Å². The highest BCUT2D eigenvalue weighted by Crippen LogP contribution is 2.25. The van der Waals surface area contributed by atoms with Crippen molar-refractivity contribution in [3.8, 4) is 11.5 Å². The van der Waals surface area contributed by atoms with Crippen LogP contribution in [0.1, 0.15) is 15.9 Å². The van der Waals surface area contributed by atoms with Crippen molar-refractivity contribution in [3.63, 3.8) is 0 Å². The number of carboxylic acid groups (broad SMARTS) is 1. The number of nitrogens with zero attached hydrogens (tertiary/aromatic N) is 1. The number of benzene rings is 1. The average molecular weight is 390 g/mol. The zero-order valence-electron chi connectivity index (χ0n) is 15.0. The molecule has 1 aromatic heterocycles. The van der Waals surface area contributed by atoms with E-state index < -0.39 is 23.9 Å². The molecule has 1 heterocycles. The molecule has 2 amide bonds. The Morgan fingerprint density at radius 2 is 1.93 bits per heavy atom. The van der Waals surface area contributed by atoms with Crippen LogP contribution in [0.2, 0.25) is 0 Å². The number of aliphatic carboxylic acids is 1. The third-order valence-electron chi connectivity index (χ3n) is 3.76. The monoisotopic (exact) mass is 390 g/mol. The first-order valence-corrected chi connectivity index (χ1v) is 8.18. The Morgan fingerprint density at radius 3 is 2.57 bits per heavy atom. The molecule has 148 valence electrons. The van der Waals surface area contributed by atoms with Gasteiger partial charge in [0.05, 0.1) is 0 Å². The molecule has 0 saturated heterocycles. The molecule has 0 fully saturated rings. The van der Waals surface area contributed by atoms with Gasteiger partial charge in [0.1, 0.15) is 11.6 Å². The van der Waals surface area contributed by atoms with Crippen LogP contribution in [0, 0.1) is 0 Å². The van der Waals surface area contributed by atoms with Gasteiger partial charge in [0.2, 0.25) is 0 Å². The van der Waals surface area contributed by atoms with Crippen LogP contribution in [0.15, 0.2) is 42.7 Å². The molecule has 0 aliphatic heterocycles. The summed E-state index contributed by atoms with van der Waals surface area (Å²) in [5, 5.41) is 32.8. The normalized spacial score (nSPS) is 11.3. The lowest BCUT2D eigenvalue weighted by Crippen LogP contribution is -2.45. The second-order valence-corrected chi connectivity index (χ2v) is 5.81. The lowest BCUT2D eigenvalue weighted by atomic mass is 10.1. The SMILES string of the molecule is CNC(=O)c1ccc[n+](COC(=O)NC(Cc2ccc(O)c(O)c2)C(=O)O)c1. The Balaban J connectivity index is 1.96. The van der Waals surface area contributed by atoms with Gasteiger partial charge >= 0.3 is 12.1 Å². The molecule has 10 heteroatoms. The maximum Gasteiger partial charge on any atom is 0.412 e. The molecule has 28 heavy (non-hydrogen) atoms. The largest absolute Gasteiger partial charge is 0.504 e. The Kier molecular flexibility index (Phi) is 6.74. The molecule has 0 aliphatic rings. The summed E-state index contributed by atoms with van der Waals surface area (Å²) in [5.74, 6) is -2.32. The molecule has 0 radical (unpaired) electrons. The topological polar surface area (TPSA) is 149 Å². The molecule has 2 aromatic rings. The lowest BCUT2D eigenvalue weighted by Gasteiger charge is -2.14.